The SMILES string of the molecule is CC(C)(C)c1cc(CCC=O)cc(C(C)(C)C)c1.CCCc1cc(C(C)(C)C)c2c(c1)C(C)(C)O2.COCC(COC=O)(COC(=O)CCc1cc(C(C)(C)C)c(O)c(C(C)(C)C)c1)COC(=O)CCc1cc(C(C)(C)C)c2c(c1)C(C)(C)O2. The molecule has 0 spiro atoms. The maximum Gasteiger partial charge on any atom is 0.306 e. The molecule has 1 atom stereocenters. The van der Waals surface area contributed by atoms with E-state index in [2.05, 4.69) is 146 Å². The minimum absolute atomic E-state index is 0.0259. The maximum absolute atomic E-state index is 13.0. The Kier molecular flexibility index (Phi) is 23.1. The first kappa shape index (κ1) is 70.8. The highest BCUT2D eigenvalue weighted by atomic mass is 16.6. The normalized spacial score (nSPS) is 15.0. The molecule has 11 heteroatoms. The van der Waals surface area contributed by atoms with Gasteiger partial charge >= 0.3 is 11.9 Å². The predicted molar refractivity (Wildman–Crippen MR) is 340 cm³/mol. The molecule has 1 unspecified atom stereocenters. The van der Waals surface area contributed by atoms with Crippen molar-refractivity contribution < 1.29 is 52.7 Å². The molecule has 0 bridgehead atoms. The zero-order valence-corrected chi connectivity index (χ0v) is 56.4. The molecule has 4 aromatic rings. The van der Waals surface area contributed by atoms with Crippen LogP contribution < -0.4 is 9.47 Å². The number of aldehydes is 1. The van der Waals surface area contributed by atoms with Crippen molar-refractivity contribution in [2.45, 2.75) is 254 Å². The Balaban J connectivity index is 0.000000348. The first-order chi connectivity index (χ1) is 38.4. The number of rotatable bonds is 20. The fourth-order valence-electron chi connectivity index (χ4n) is 10.5. The van der Waals surface area contributed by atoms with E-state index < -0.39 is 17.4 Å². The third kappa shape index (κ3) is 19.2. The number of hydrogen-bond acceptors (Lipinski definition) is 11. The summed E-state index contributed by atoms with van der Waals surface area (Å²) in [6.07, 6.45) is 5.93. The first-order valence-electron chi connectivity index (χ1n) is 30.5. The molecule has 6 rings (SSSR count). The molecular formula is C73H108O11. The quantitative estimate of drug-likeness (QED) is 0.0513. The van der Waals surface area contributed by atoms with Gasteiger partial charge in [-0.3, -0.25) is 14.4 Å². The highest BCUT2D eigenvalue weighted by Gasteiger charge is 2.42. The fourth-order valence-corrected chi connectivity index (χ4v) is 10.5. The lowest BCUT2D eigenvalue weighted by atomic mass is 9.78. The lowest BCUT2D eigenvalue weighted by Gasteiger charge is -2.42. The zero-order valence-electron chi connectivity index (χ0n) is 56.4. The van der Waals surface area contributed by atoms with E-state index in [-0.39, 0.29) is 88.7 Å². The number of aryl methyl sites for hydroxylation is 4. The molecule has 0 radical (unpaired) electrons. The molecule has 2 aliphatic heterocycles. The number of methoxy groups -OCH3 is 1. The Morgan fingerprint density at radius 1 is 0.488 bits per heavy atom. The summed E-state index contributed by atoms with van der Waals surface area (Å²) >= 11 is 0. The molecule has 0 aromatic heterocycles. The van der Waals surface area contributed by atoms with Gasteiger partial charge in [-0.05, 0) is 143 Å². The second-order valence-corrected chi connectivity index (χ2v) is 30.8. The van der Waals surface area contributed by atoms with Gasteiger partial charge in [0.25, 0.3) is 6.47 Å². The number of benzene rings is 4. The molecule has 466 valence electrons. The molecular weight excluding hydrogens is 1050 g/mol. The van der Waals surface area contributed by atoms with Gasteiger partial charge in [-0.25, -0.2) is 0 Å². The van der Waals surface area contributed by atoms with Gasteiger partial charge in [0.05, 0.1) is 12.0 Å². The average Bonchev–Trinajstić information content (AvgIpc) is 0.871. The number of carbonyl (C=O) groups is 4. The first-order valence-corrected chi connectivity index (χ1v) is 30.5. The van der Waals surface area contributed by atoms with Crippen LogP contribution in [0.4, 0.5) is 0 Å². The predicted octanol–water partition coefficient (Wildman–Crippen LogP) is 16.3. The monoisotopic (exact) mass is 1160 g/mol. The van der Waals surface area contributed by atoms with Gasteiger partial charge < -0.3 is 38.3 Å². The summed E-state index contributed by atoms with van der Waals surface area (Å²) in [6.45, 7) is 49.3. The smallest absolute Gasteiger partial charge is 0.306 e. The minimum Gasteiger partial charge on any atom is -0.507 e. The molecule has 0 aliphatic carbocycles. The molecule has 4 aromatic carbocycles. The molecule has 2 aliphatic rings. The van der Waals surface area contributed by atoms with Crippen molar-refractivity contribution >= 4 is 24.7 Å². The van der Waals surface area contributed by atoms with Gasteiger partial charge in [-0.1, -0.05) is 180 Å². The topological polar surface area (TPSA) is 144 Å². The van der Waals surface area contributed by atoms with Crippen molar-refractivity contribution in [3.05, 3.63) is 121 Å². The second-order valence-electron chi connectivity index (χ2n) is 30.8. The van der Waals surface area contributed by atoms with Crippen molar-refractivity contribution in [1.82, 2.24) is 0 Å². The summed E-state index contributed by atoms with van der Waals surface area (Å²) in [6, 6.07) is 19.6. The van der Waals surface area contributed by atoms with Gasteiger partial charge in [0.15, 0.2) is 0 Å². The van der Waals surface area contributed by atoms with E-state index in [0.29, 0.717) is 25.7 Å². The van der Waals surface area contributed by atoms with E-state index >= 15 is 0 Å². The lowest BCUT2D eigenvalue weighted by molar-refractivity contribution is -0.162. The molecule has 0 saturated heterocycles. The van der Waals surface area contributed by atoms with Crippen LogP contribution in [0.2, 0.25) is 0 Å². The third-order valence-electron chi connectivity index (χ3n) is 15.7. The summed E-state index contributed by atoms with van der Waals surface area (Å²) in [5.41, 5.74) is 12.2. The van der Waals surface area contributed by atoms with E-state index in [9.17, 15) is 24.3 Å². The Hall–Kier alpha value is -5.68. The Bertz CT molecular complexity index is 2850. The van der Waals surface area contributed by atoms with Crippen LogP contribution in [-0.4, -0.2) is 63.3 Å². The maximum atomic E-state index is 13.0. The summed E-state index contributed by atoms with van der Waals surface area (Å²) in [7, 11) is 1.48. The van der Waals surface area contributed by atoms with E-state index in [4.69, 9.17) is 28.4 Å². The van der Waals surface area contributed by atoms with Crippen LogP contribution in [0, 0.1) is 5.41 Å². The van der Waals surface area contributed by atoms with Crippen LogP contribution in [0.5, 0.6) is 17.2 Å². The summed E-state index contributed by atoms with van der Waals surface area (Å²) in [4.78, 5) is 47.7. The highest BCUT2D eigenvalue weighted by molar-refractivity contribution is 5.71. The van der Waals surface area contributed by atoms with Crippen LogP contribution in [0.3, 0.4) is 0 Å². The Morgan fingerprint density at radius 3 is 1.19 bits per heavy atom. The molecule has 11 nitrogen and oxygen atoms in total. The van der Waals surface area contributed by atoms with Crippen molar-refractivity contribution in [3.8, 4) is 17.2 Å². The fraction of sp³-hybridized carbons (Fsp3) is 0.616. The van der Waals surface area contributed by atoms with Gasteiger partial charge in [-0.2, -0.15) is 0 Å². The van der Waals surface area contributed by atoms with E-state index in [1.807, 2.05) is 67.5 Å². The van der Waals surface area contributed by atoms with Gasteiger partial charge in [0.2, 0.25) is 0 Å². The average molecular weight is 1160 g/mol. The standard InChI is InChI=1S/C40H58O9.C17H26O.C16H24O/c1-36(2,3)28-17-26(18-29(34(28)44)37(4,5)6)13-15-32(42)47-23-40(21-45-12,22-46-25-41)24-48-33(43)16-14-27-19-30(38(7,8)9)35-31(20-27)39(10,11)49-35;1-16(2,3)14-10-13(8-7-9-18)11-15(12-14)17(4,5)6;1-7-8-11-9-12(15(2,3)4)14-13(10-11)16(5,6)17-14/h17-20,25,44H,13-16,21-24H2,1-12H3;9-12H,7-8H2,1-6H3;9-10H,7-8H2,1-6H3. The van der Waals surface area contributed by atoms with Crippen LogP contribution >= 0.6 is 0 Å². The second kappa shape index (κ2) is 27.4. The summed E-state index contributed by atoms with van der Waals surface area (Å²) in [5.74, 6) is 1.45. The lowest BCUT2D eigenvalue weighted by Crippen LogP contribution is -2.42. The Labute approximate surface area is 507 Å². The summed E-state index contributed by atoms with van der Waals surface area (Å²) < 4.78 is 33.9. The van der Waals surface area contributed by atoms with E-state index in [1.165, 1.54) is 46.9 Å². The molecule has 0 amide bonds. The molecule has 0 fully saturated rings. The molecule has 1 N–H and O–H groups in total. The number of fused-ring (bicyclic) bond motifs is 2. The van der Waals surface area contributed by atoms with E-state index in [1.54, 1.807) is 0 Å². The molecule has 0 saturated carbocycles. The van der Waals surface area contributed by atoms with E-state index in [0.717, 1.165) is 64.0 Å². The number of aromatic hydroxyl groups is 1. The number of hydrogen-bond donors (Lipinski definition) is 1. The van der Waals surface area contributed by atoms with Crippen LogP contribution in [0.1, 0.15) is 252 Å². The minimum atomic E-state index is -1.09. The highest BCUT2D eigenvalue weighted by Crippen LogP contribution is 2.51. The number of phenolic OH excluding ortho intramolecular Hbond substituents is 1. The van der Waals surface area contributed by atoms with Gasteiger partial charge in [0.1, 0.15) is 54.6 Å². The zero-order chi connectivity index (χ0) is 63.8. The largest absolute Gasteiger partial charge is 0.507 e. The van der Waals surface area contributed by atoms with Crippen LogP contribution in [-0.2, 0) is 108 Å². The van der Waals surface area contributed by atoms with Crippen LogP contribution in [0.25, 0.3) is 0 Å². The third-order valence-corrected chi connectivity index (χ3v) is 15.7. The summed E-state index contributed by atoms with van der Waals surface area (Å²) in [5, 5.41) is 11.0. The molecule has 2 heterocycles. The number of phenols is 1. The molecule has 84 heavy (non-hydrogen) atoms. The van der Waals surface area contributed by atoms with Crippen molar-refractivity contribution in [2.24, 2.45) is 5.41 Å². The number of carbonyl (C=O) groups excluding carboxylic acids is 4. The van der Waals surface area contributed by atoms with Crippen molar-refractivity contribution in [3.63, 3.8) is 0 Å². The number of ether oxygens (including phenoxy) is 6. The van der Waals surface area contributed by atoms with Gasteiger partial charge in [-0.15, -0.1) is 0 Å². The van der Waals surface area contributed by atoms with Crippen LogP contribution in [0.15, 0.2) is 54.6 Å². The van der Waals surface area contributed by atoms with Crippen molar-refractivity contribution in [1.29, 1.82) is 0 Å². The number of esters is 2. The van der Waals surface area contributed by atoms with Crippen molar-refractivity contribution in [2.75, 3.05) is 33.5 Å². The Morgan fingerprint density at radius 2 is 0.857 bits per heavy atom. The van der Waals surface area contributed by atoms with Gasteiger partial charge in [0, 0.05) is 48.6 Å².